The number of halogens is 1. The van der Waals surface area contributed by atoms with E-state index < -0.39 is 0 Å². The molecule has 4 rings (SSSR count). The smallest absolute Gasteiger partial charge is 0.227 e. The van der Waals surface area contributed by atoms with E-state index in [2.05, 4.69) is 56.6 Å². The van der Waals surface area contributed by atoms with Gasteiger partial charge >= 0.3 is 0 Å². The van der Waals surface area contributed by atoms with Crippen LogP contribution in [0.15, 0.2) is 24.5 Å². The summed E-state index contributed by atoms with van der Waals surface area (Å²) in [4.78, 5) is 14.2. The summed E-state index contributed by atoms with van der Waals surface area (Å²) in [5.74, 6) is 1.56. The molecule has 0 amide bonds. The quantitative estimate of drug-likeness (QED) is 0.302. The van der Waals surface area contributed by atoms with Gasteiger partial charge in [0.25, 0.3) is 0 Å². The highest BCUT2D eigenvalue weighted by Gasteiger charge is 2.22. The van der Waals surface area contributed by atoms with Gasteiger partial charge in [0.15, 0.2) is 17.0 Å². The number of hydrogen-bond acceptors (Lipinski definition) is 7. The van der Waals surface area contributed by atoms with Crippen LogP contribution in [-0.2, 0) is 6.54 Å². The second kappa shape index (κ2) is 10.2. The minimum absolute atomic E-state index is 0.0000369. The molecule has 0 bridgehead atoms. The first-order valence-corrected chi connectivity index (χ1v) is 12.4. The molecule has 2 aromatic heterocycles. The molecule has 9 heteroatoms. The summed E-state index contributed by atoms with van der Waals surface area (Å²) in [5, 5.41) is 26.7. The molecule has 1 fully saturated rings. The number of fused-ring (bicyclic) bond motifs is 1. The molecule has 1 unspecified atom stereocenters. The van der Waals surface area contributed by atoms with Crippen molar-refractivity contribution in [1.29, 1.82) is 0 Å². The van der Waals surface area contributed by atoms with Gasteiger partial charge in [0, 0.05) is 21.7 Å². The molecule has 1 aliphatic rings. The van der Waals surface area contributed by atoms with Crippen LogP contribution in [0.2, 0.25) is 0 Å². The second-order valence-corrected chi connectivity index (χ2v) is 10.1. The highest BCUT2D eigenvalue weighted by Crippen LogP contribution is 2.32. The number of aromatic hydroxyl groups is 1. The lowest BCUT2D eigenvalue weighted by Gasteiger charge is -2.24. The van der Waals surface area contributed by atoms with Crippen LogP contribution in [0.3, 0.4) is 0 Å². The number of aliphatic hydroxyl groups excluding tert-OH is 1. The van der Waals surface area contributed by atoms with Crippen LogP contribution in [-0.4, -0.2) is 42.4 Å². The van der Waals surface area contributed by atoms with E-state index in [0.717, 1.165) is 33.1 Å². The summed E-state index contributed by atoms with van der Waals surface area (Å²) in [5.41, 5.74) is 2.31. The Morgan fingerprint density at radius 1 is 1.19 bits per heavy atom. The van der Waals surface area contributed by atoms with Crippen LogP contribution in [0, 0.1) is 9.49 Å². The van der Waals surface area contributed by atoms with Crippen LogP contribution >= 0.6 is 22.6 Å². The Bertz CT molecular complexity index is 1060. The summed E-state index contributed by atoms with van der Waals surface area (Å²) < 4.78 is 3.23. The van der Waals surface area contributed by atoms with Crippen LogP contribution in [0.25, 0.3) is 11.2 Å². The maximum atomic E-state index is 10.2. The van der Waals surface area contributed by atoms with Gasteiger partial charge in [0.2, 0.25) is 5.95 Å². The molecule has 3 aromatic rings. The summed E-state index contributed by atoms with van der Waals surface area (Å²) in [7, 11) is 0. The Morgan fingerprint density at radius 2 is 1.97 bits per heavy atom. The van der Waals surface area contributed by atoms with Crippen LogP contribution in [0.5, 0.6) is 5.75 Å². The number of imidazole rings is 1. The molecule has 1 atom stereocenters. The van der Waals surface area contributed by atoms with E-state index in [9.17, 15) is 10.2 Å². The van der Waals surface area contributed by atoms with Crippen LogP contribution in [0.4, 0.5) is 11.8 Å². The number of nitrogens with one attached hydrogen (secondary N) is 2. The molecule has 0 aliphatic heterocycles. The third-order valence-electron chi connectivity index (χ3n) is 6.19. The number of rotatable bonds is 8. The zero-order valence-corrected chi connectivity index (χ0v) is 20.7. The fourth-order valence-electron chi connectivity index (χ4n) is 4.19. The summed E-state index contributed by atoms with van der Waals surface area (Å²) in [6, 6.07) is 5.76. The van der Waals surface area contributed by atoms with Gasteiger partial charge < -0.3 is 25.4 Å². The van der Waals surface area contributed by atoms with Crippen molar-refractivity contribution in [1.82, 2.24) is 19.5 Å². The number of phenols is 1. The van der Waals surface area contributed by atoms with Crippen molar-refractivity contribution in [2.45, 2.75) is 64.6 Å². The van der Waals surface area contributed by atoms with Gasteiger partial charge in [-0.1, -0.05) is 33.1 Å². The Labute approximate surface area is 202 Å². The van der Waals surface area contributed by atoms with Gasteiger partial charge in [-0.2, -0.15) is 9.97 Å². The van der Waals surface area contributed by atoms with Crippen molar-refractivity contribution in [3.63, 3.8) is 0 Å². The van der Waals surface area contributed by atoms with Crippen molar-refractivity contribution in [3.8, 4) is 5.75 Å². The van der Waals surface area contributed by atoms with E-state index >= 15 is 0 Å². The number of benzene rings is 1. The van der Waals surface area contributed by atoms with Gasteiger partial charge in [-0.3, -0.25) is 0 Å². The first-order valence-electron chi connectivity index (χ1n) is 11.3. The predicted octanol–water partition coefficient (Wildman–Crippen LogP) is 4.68. The Kier molecular flexibility index (Phi) is 7.34. The normalized spacial score (nSPS) is 15.9. The third-order valence-corrected chi connectivity index (χ3v) is 6.86. The lowest BCUT2D eigenvalue weighted by molar-refractivity contribution is 0.248. The number of aromatic nitrogens is 4. The maximum absolute atomic E-state index is 10.2. The molecule has 0 radical (unpaired) electrons. The molecule has 2 heterocycles. The van der Waals surface area contributed by atoms with Crippen molar-refractivity contribution < 1.29 is 10.2 Å². The monoisotopic (exact) mass is 550 g/mol. The molecular weight excluding hydrogens is 519 g/mol. The molecule has 1 saturated carbocycles. The zero-order valence-electron chi connectivity index (χ0n) is 18.6. The second-order valence-electron chi connectivity index (χ2n) is 8.82. The van der Waals surface area contributed by atoms with Crippen molar-refractivity contribution in [2.24, 2.45) is 5.92 Å². The van der Waals surface area contributed by atoms with Crippen LogP contribution < -0.4 is 10.6 Å². The topological polar surface area (TPSA) is 108 Å². The van der Waals surface area contributed by atoms with Gasteiger partial charge in [-0.05, 0) is 59.5 Å². The van der Waals surface area contributed by atoms with E-state index in [1.165, 1.54) is 19.3 Å². The first-order chi connectivity index (χ1) is 15.5. The van der Waals surface area contributed by atoms with Gasteiger partial charge in [-0.15, -0.1) is 0 Å². The lowest BCUT2D eigenvalue weighted by atomic mass is 9.95. The summed E-state index contributed by atoms with van der Waals surface area (Å²) >= 11 is 2.23. The molecule has 172 valence electrons. The fourth-order valence-corrected chi connectivity index (χ4v) is 4.75. The highest BCUT2D eigenvalue weighted by molar-refractivity contribution is 14.1. The van der Waals surface area contributed by atoms with E-state index in [1.54, 1.807) is 6.07 Å². The average Bonchev–Trinajstić information content (AvgIpc) is 3.22. The molecule has 0 saturated heterocycles. The van der Waals surface area contributed by atoms with Crippen molar-refractivity contribution >= 4 is 45.5 Å². The van der Waals surface area contributed by atoms with Gasteiger partial charge in [0.1, 0.15) is 5.75 Å². The number of nitrogens with zero attached hydrogens (tertiary/aromatic N) is 4. The number of anilines is 2. The molecule has 4 N–H and O–H groups in total. The molecule has 1 aliphatic carbocycles. The molecule has 1 aromatic carbocycles. The number of phenolic OH excluding ortho intramolecular Hbond substituents is 1. The standard InChI is InChI=1S/C23H31IN6O2/c1-14(2)18(12-31)27-23-28-21(25-11-15-10-16(24)8-9-19(15)32)20-22(29-23)30(13-26-20)17-6-4-3-5-7-17/h8-10,13-14,17-18,31-32H,3-7,11-12H2,1-2H3,(H2,25,27,28,29). The molecular formula is C23H31IN6O2. The number of hydrogen-bond donors (Lipinski definition) is 4. The van der Waals surface area contributed by atoms with Crippen LogP contribution in [0.1, 0.15) is 57.6 Å². The van der Waals surface area contributed by atoms with Crippen molar-refractivity contribution in [2.75, 3.05) is 17.2 Å². The summed E-state index contributed by atoms with van der Waals surface area (Å²) in [6.07, 6.45) is 7.85. The van der Waals surface area contributed by atoms with Crippen molar-refractivity contribution in [3.05, 3.63) is 33.7 Å². The summed E-state index contributed by atoms with van der Waals surface area (Å²) in [6.45, 7) is 4.52. The van der Waals surface area contributed by atoms with E-state index in [-0.39, 0.29) is 24.3 Å². The Hall–Kier alpha value is -2.14. The predicted molar refractivity (Wildman–Crippen MR) is 135 cm³/mol. The number of aliphatic hydroxyl groups is 1. The Morgan fingerprint density at radius 3 is 2.69 bits per heavy atom. The van der Waals surface area contributed by atoms with E-state index in [4.69, 9.17) is 9.97 Å². The van der Waals surface area contributed by atoms with E-state index in [0.29, 0.717) is 24.4 Å². The molecule has 0 spiro atoms. The van der Waals surface area contributed by atoms with E-state index in [1.807, 2.05) is 18.5 Å². The average molecular weight is 550 g/mol. The molecule has 32 heavy (non-hydrogen) atoms. The zero-order chi connectivity index (χ0) is 22.7. The minimum Gasteiger partial charge on any atom is -0.508 e. The highest BCUT2D eigenvalue weighted by atomic mass is 127. The fraction of sp³-hybridized carbons (Fsp3) is 0.522. The Balaban J connectivity index is 1.70. The maximum Gasteiger partial charge on any atom is 0.227 e. The minimum atomic E-state index is -0.147. The SMILES string of the molecule is CC(C)C(CO)Nc1nc(NCc2cc(I)ccc2O)c2ncn(C3CCCCC3)c2n1. The third kappa shape index (κ3) is 5.09. The van der Waals surface area contributed by atoms with Gasteiger partial charge in [-0.25, -0.2) is 4.98 Å². The lowest BCUT2D eigenvalue weighted by Crippen LogP contribution is -2.30. The molecule has 8 nitrogen and oxygen atoms in total. The largest absolute Gasteiger partial charge is 0.508 e. The first kappa shape index (κ1) is 23.0. The van der Waals surface area contributed by atoms with Gasteiger partial charge in [0.05, 0.1) is 19.0 Å².